The predicted octanol–water partition coefficient (Wildman–Crippen LogP) is 0.0464. The van der Waals surface area contributed by atoms with Crippen LogP contribution in [0.5, 0.6) is 23.0 Å². The number of methoxy groups -OCH3 is 2. The summed E-state index contributed by atoms with van der Waals surface area (Å²) in [5, 5.41) is 25.1. The van der Waals surface area contributed by atoms with Gasteiger partial charge in [-0.15, -0.1) is 0 Å². The molecule has 12 nitrogen and oxygen atoms in total. The van der Waals surface area contributed by atoms with E-state index in [2.05, 4.69) is 21.1 Å². The number of hydrogen-bond acceptors (Lipinski definition) is 10. The van der Waals surface area contributed by atoms with Gasteiger partial charge < -0.3 is 29.2 Å². The number of aliphatic hydroxyl groups is 2. The van der Waals surface area contributed by atoms with Gasteiger partial charge in [-0.05, 0) is 47.5 Å². The summed E-state index contributed by atoms with van der Waals surface area (Å²) < 4.78 is 21.1. The highest BCUT2D eigenvalue weighted by atomic mass is 16.5. The molecule has 0 heterocycles. The molecule has 2 amide bonds. The molecule has 4 N–H and O–H groups in total. The van der Waals surface area contributed by atoms with E-state index in [0.29, 0.717) is 34.1 Å². The monoisotopic (exact) mass is 474 g/mol. The van der Waals surface area contributed by atoms with Gasteiger partial charge in [-0.1, -0.05) is 0 Å². The second-order valence-corrected chi connectivity index (χ2v) is 6.36. The Balaban J connectivity index is 1.89. The first kappa shape index (κ1) is 26.1. The van der Waals surface area contributed by atoms with Crippen LogP contribution in [0.1, 0.15) is 11.1 Å². The van der Waals surface area contributed by atoms with Crippen LogP contribution < -0.4 is 29.8 Å². The van der Waals surface area contributed by atoms with E-state index in [1.165, 1.54) is 26.6 Å². The van der Waals surface area contributed by atoms with E-state index in [9.17, 15) is 9.59 Å². The number of nitrogens with zero attached hydrogens (tertiary/aromatic N) is 2. The summed E-state index contributed by atoms with van der Waals surface area (Å²) in [5.74, 6) is -0.317. The number of ether oxygens (including phenoxy) is 4. The molecule has 0 aliphatic heterocycles. The standard InChI is InChI=1S/C22H26N4O8/c1-31-19-11-15(3-5-17(19)33-9-7-27)13-23-25-21(29)22(30)26-24-14-16-4-6-18(34-10-8-28)20(12-16)32-2/h3-6,11-14,27-28H,7-10H2,1-2H3,(H,25,29)(H,26,30)/b23-13+,24-14?. The highest BCUT2D eigenvalue weighted by molar-refractivity contribution is 6.35. The molecule has 2 rings (SSSR count). The third kappa shape index (κ3) is 8.07. The summed E-state index contributed by atoms with van der Waals surface area (Å²) in [7, 11) is 2.93. The van der Waals surface area contributed by atoms with Crippen molar-refractivity contribution in [2.45, 2.75) is 0 Å². The molecule has 2 aromatic rings. The molecule has 12 heteroatoms. The van der Waals surface area contributed by atoms with Crippen molar-refractivity contribution in [2.75, 3.05) is 40.6 Å². The molecule has 0 unspecified atom stereocenters. The molecule has 0 aliphatic rings. The van der Waals surface area contributed by atoms with Crippen molar-refractivity contribution in [1.29, 1.82) is 0 Å². The SMILES string of the molecule is COc1cc(C=NNC(=O)C(=O)N/N=C/c2ccc(OCCO)c(OC)c2)ccc1OCCO. The number of nitrogens with one attached hydrogen (secondary N) is 2. The van der Waals surface area contributed by atoms with Crippen molar-refractivity contribution < 1.29 is 38.7 Å². The van der Waals surface area contributed by atoms with Crippen LogP contribution in [0.25, 0.3) is 0 Å². The molecule has 0 radical (unpaired) electrons. The molecular weight excluding hydrogens is 448 g/mol. The molecular formula is C22H26N4O8. The maximum atomic E-state index is 11.9. The van der Waals surface area contributed by atoms with Crippen molar-refractivity contribution in [2.24, 2.45) is 10.2 Å². The quantitative estimate of drug-likeness (QED) is 0.191. The van der Waals surface area contributed by atoms with Gasteiger partial charge in [0, 0.05) is 0 Å². The second kappa shape index (κ2) is 14.1. The molecule has 0 saturated carbocycles. The fourth-order valence-corrected chi connectivity index (χ4v) is 2.51. The summed E-state index contributed by atoms with van der Waals surface area (Å²) in [6.07, 6.45) is 2.64. The third-order valence-electron chi connectivity index (χ3n) is 4.04. The van der Waals surface area contributed by atoms with Crippen LogP contribution in [0.2, 0.25) is 0 Å². The van der Waals surface area contributed by atoms with Crippen molar-refractivity contribution in [3.05, 3.63) is 47.5 Å². The van der Waals surface area contributed by atoms with Gasteiger partial charge in [-0.2, -0.15) is 10.2 Å². The molecule has 0 atom stereocenters. The molecule has 0 fully saturated rings. The largest absolute Gasteiger partial charge is 0.493 e. The highest BCUT2D eigenvalue weighted by Crippen LogP contribution is 2.28. The Labute approximate surface area is 195 Å². The molecule has 34 heavy (non-hydrogen) atoms. The van der Waals surface area contributed by atoms with Crippen LogP contribution in [0, 0.1) is 0 Å². The second-order valence-electron chi connectivity index (χ2n) is 6.36. The lowest BCUT2D eigenvalue weighted by atomic mass is 10.2. The summed E-state index contributed by atoms with van der Waals surface area (Å²) >= 11 is 0. The average molecular weight is 474 g/mol. The van der Waals surface area contributed by atoms with E-state index in [1.807, 2.05) is 0 Å². The predicted molar refractivity (Wildman–Crippen MR) is 123 cm³/mol. The molecule has 0 aliphatic carbocycles. The van der Waals surface area contributed by atoms with Crippen molar-refractivity contribution in [3.63, 3.8) is 0 Å². The number of hydrazone groups is 2. The van der Waals surface area contributed by atoms with E-state index in [-0.39, 0.29) is 26.4 Å². The van der Waals surface area contributed by atoms with Gasteiger partial charge in [0.1, 0.15) is 13.2 Å². The summed E-state index contributed by atoms with van der Waals surface area (Å²) in [4.78, 5) is 23.8. The number of benzene rings is 2. The molecule has 0 saturated heterocycles. The Kier molecular flexibility index (Phi) is 10.8. The molecule has 182 valence electrons. The number of hydrogen-bond donors (Lipinski definition) is 4. The van der Waals surface area contributed by atoms with E-state index >= 15 is 0 Å². The zero-order valence-corrected chi connectivity index (χ0v) is 18.7. The fourth-order valence-electron chi connectivity index (χ4n) is 2.51. The number of rotatable bonds is 12. The average Bonchev–Trinajstić information content (AvgIpc) is 2.86. The number of carbonyl (C=O) groups excluding carboxylic acids is 2. The van der Waals surface area contributed by atoms with Crippen LogP contribution in [0.4, 0.5) is 0 Å². The third-order valence-corrected chi connectivity index (χ3v) is 4.04. The maximum Gasteiger partial charge on any atom is 0.331 e. The van der Waals surface area contributed by atoms with E-state index in [4.69, 9.17) is 29.2 Å². The minimum atomic E-state index is -1.02. The minimum absolute atomic E-state index is 0.120. The van der Waals surface area contributed by atoms with Gasteiger partial charge in [0.2, 0.25) is 0 Å². The molecule has 0 bridgehead atoms. The lowest BCUT2D eigenvalue weighted by Crippen LogP contribution is -2.35. The lowest BCUT2D eigenvalue weighted by molar-refractivity contribution is -0.139. The summed E-state index contributed by atoms with van der Waals surface area (Å²) in [6.45, 7) is -0.0264. The Morgan fingerprint density at radius 1 is 0.765 bits per heavy atom. The first-order valence-corrected chi connectivity index (χ1v) is 10.0. The smallest absolute Gasteiger partial charge is 0.331 e. The van der Waals surface area contributed by atoms with Gasteiger partial charge >= 0.3 is 11.8 Å². The normalized spacial score (nSPS) is 10.8. The number of carbonyl (C=O) groups is 2. The van der Waals surface area contributed by atoms with Gasteiger partial charge in [0.25, 0.3) is 0 Å². The Hall–Kier alpha value is -4.16. The van der Waals surface area contributed by atoms with Gasteiger partial charge in [0.15, 0.2) is 23.0 Å². The van der Waals surface area contributed by atoms with Gasteiger partial charge in [-0.25, -0.2) is 10.9 Å². The van der Waals surface area contributed by atoms with Crippen molar-refractivity contribution in [3.8, 4) is 23.0 Å². The van der Waals surface area contributed by atoms with E-state index < -0.39 is 11.8 Å². The van der Waals surface area contributed by atoms with E-state index in [1.54, 1.807) is 36.4 Å². The summed E-state index contributed by atoms with van der Waals surface area (Å²) in [6, 6.07) is 9.79. The van der Waals surface area contributed by atoms with Crippen LogP contribution in [-0.2, 0) is 9.59 Å². The Bertz CT molecular complexity index is 944. The van der Waals surface area contributed by atoms with Gasteiger partial charge in [-0.3, -0.25) is 9.59 Å². The lowest BCUT2D eigenvalue weighted by Gasteiger charge is -2.10. The van der Waals surface area contributed by atoms with Crippen LogP contribution >= 0.6 is 0 Å². The maximum absolute atomic E-state index is 11.9. The van der Waals surface area contributed by atoms with Crippen LogP contribution in [0.15, 0.2) is 46.6 Å². The van der Waals surface area contributed by atoms with Crippen LogP contribution in [-0.4, -0.2) is 75.1 Å². The fraction of sp³-hybridized carbons (Fsp3) is 0.273. The molecule has 2 aromatic carbocycles. The first-order valence-electron chi connectivity index (χ1n) is 10.0. The zero-order valence-electron chi connectivity index (χ0n) is 18.7. The van der Waals surface area contributed by atoms with Crippen molar-refractivity contribution in [1.82, 2.24) is 10.9 Å². The summed E-state index contributed by atoms with van der Waals surface area (Å²) in [5.41, 5.74) is 5.34. The number of amides is 2. The van der Waals surface area contributed by atoms with E-state index in [0.717, 1.165) is 0 Å². The Morgan fingerprint density at radius 3 is 1.53 bits per heavy atom. The zero-order chi connectivity index (χ0) is 24.8. The molecule has 0 spiro atoms. The first-order chi connectivity index (χ1) is 16.5. The minimum Gasteiger partial charge on any atom is -0.493 e. The van der Waals surface area contributed by atoms with Crippen LogP contribution in [0.3, 0.4) is 0 Å². The van der Waals surface area contributed by atoms with Crippen molar-refractivity contribution >= 4 is 24.2 Å². The topological polar surface area (TPSA) is 160 Å². The molecule has 0 aromatic heterocycles. The Morgan fingerprint density at radius 2 is 1.18 bits per heavy atom. The van der Waals surface area contributed by atoms with Gasteiger partial charge in [0.05, 0.1) is 39.9 Å². The number of aliphatic hydroxyl groups excluding tert-OH is 2. The highest BCUT2D eigenvalue weighted by Gasteiger charge is 2.12.